The molecule has 168 valence electrons. The average molecular weight is 433 g/mol. The molecule has 0 unspecified atom stereocenters. The van der Waals surface area contributed by atoms with Crippen LogP contribution in [0.15, 0.2) is 35.1 Å². The van der Waals surface area contributed by atoms with E-state index >= 15 is 0 Å². The fourth-order valence-electron chi connectivity index (χ4n) is 4.82. The highest BCUT2D eigenvalue weighted by Crippen LogP contribution is 2.57. The molecule has 4 aliphatic rings. The number of Topliss-reactive ketones (excluding diaryl/α,β-unsaturated/α-hetero) is 2. The molecule has 0 aromatic rings. The lowest BCUT2D eigenvalue weighted by atomic mass is 9.78. The SMILES string of the molecule is CC(/C=C/C(O)=C1/C(=O)CNC1=O)=C\[C@H](C)[C@@H]1O[C@]2(C)O[C@@H](C(=O)[C@H]3O[C@]32CO)[C@H]1C. The number of aliphatic hydroxyl groups is 2. The molecule has 0 saturated carbocycles. The van der Waals surface area contributed by atoms with Crippen LogP contribution in [-0.2, 0) is 28.6 Å². The summed E-state index contributed by atoms with van der Waals surface area (Å²) >= 11 is 0. The van der Waals surface area contributed by atoms with Crippen LogP contribution in [0, 0.1) is 11.8 Å². The third-order valence-electron chi connectivity index (χ3n) is 6.67. The van der Waals surface area contributed by atoms with E-state index in [9.17, 15) is 24.6 Å². The first kappa shape index (κ1) is 21.9. The van der Waals surface area contributed by atoms with Crippen molar-refractivity contribution in [3.05, 3.63) is 35.1 Å². The molecule has 2 bridgehead atoms. The molecule has 4 heterocycles. The lowest BCUT2D eigenvalue weighted by Crippen LogP contribution is -2.67. The van der Waals surface area contributed by atoms with Crippen LogP contribution in [0.25, 0.3) is 0 Å². The molecule has 4 rings (SSSR count). The van der Waals surface area contributed by atoms with E-state index in [4.69, 9.17) is 14.2 Å². The number of epoxide rings is 1. The van der Waals surface area contributed by atoms with Crippen molar-refractivity contribution in [2.24, 2.45) is 11.8 Å². The predicted octanol–water partition coefficient (Wildman–Crippen LogP) is 0.485. The number of rotatable bonds is 5. The third kappa shape index (κ3) is 3.27. The number of aliphatic hydroxyl groups excluding tert-OH is 2. The van der Waals surface area contributed by atoms with Crippen LogP contribution in [0.4, 0.5) is 0 Å². The van der Waals surface area contributed by atoms with Gasteiger partial charge >= 0.3 is 0 Å². The zero-order valence-electron chi connectivity index (χ0n) is 17.9. The van der Waals surface area contributed by atoms with Crippen LogP contribution >= 0.6 is 0 Å². The number of ketones is 2. The van der Waals surface area contributed by atoms with Crippen molar-refractivity contribution in [2.75, 3.05) is 13.2 Å². The van der Waals surface area contributed by atoms with Gasteiger partial charge in [-0.2, -0.15) is 0 Å². The van der Waals surface area contributed by atoms with E-state index in [1.807, 2.05) is 26.8 Å². The Morgan fingerprint density at radius 3 is 2.58 bits per heavy atom. The second kappa shape index (κ2) is 7.37. The molecule has 3 N–H and O–H groups in total. The summed E-state index contributed by atoms with van der Waals surface area (Å²) in [7, 11) is 0. The Hall–Kier alpha value is -2.33. The van der Waals surface area contributed by atoms with Crippen LogP contribution in [0.5, 0.6) is 0 Å². The second-order valence-electron chi connectivity index (χ2n) is 8.84. The number of carbonyl (C=O) groups excluding carboxylic acids is 3. The summed E-state index contributed by atoms with van der Waals surface area (Å²) < 4.78 is 17.8. The molecule has 7 atom stereocenters. The molecule has 9 heteroatoms. The second-order valence-corrected chi connectivity index (χ2v) is 8.84. The topological polar surface area (TPSA) is 135 Å². The summed E-state index contributed by atoms with van der Waals surface area (Å²) in [6, 6.07) is 0. The number of carbonyl (C=O) groups is 3. The number of hydrogen-bond acceptors (Lipinski definition) is 8. The largest absolute Gasteiger partial charge is 0.507 e. The van der Waals surface area contributed by atoms with E-state index < -0.39 is 35.3 Å². The van der Waals surface area contributed by atoms with Crippen molar-refractivity contribution >= 4 is 17.5 Å². The summed E-state index contributed by atoms with van der Waals surface area (Å²) in [6.45, 7) is 6.84. The van der Waals surface area contributed by atoms with Crippen molar-refractivity contribution in [1.82, 2.24) is 5.32 Å². The Balaban J connectivity index is 1.53. The molecule has 0 spiro atoms. The van der Waals surface area contributed by atoms with E-state index in [2.05, 4.69) is 5.32 Å². The Bertz CT molecular complexity index is 918. The van der Waals surface area contributed by atoms with Gasteiger partial charge in [0.2, 0.25) is 5.79 Å². The standard InChI is InChI=1S/C22H27NO8/c1-10(5-6-13(25)15-14(26)8-23-20(15)28)7-11(2)17-12(3)18-16(27)19-22(9-24,31-19)21(4,29-17)30-18/h5-7,11-12,17-19,24-25H,8-9H2,1-4H3,(H,23,28)/b6-5+,10-7+,15-13+/t11-,12-,17-,18+,19+,21+,22+/m0/s1. The smallest absolute Gasteiger partial charge is 0.259 e. The Morgan fingerprint density at radius 1 is 1.26 bits per heavy atom. The van der Waals surface area contributed by atoms with Gasteiger partial charge in [0.25, 0.3) is 5.91 Å². The fraction of sp³-hybridized carbons (Fsp3) is 0.591. The molecule has 0 radical (unpaired) electrons. The predicted molar refractivity (Wildman–Crippen MR) is 107 cm³/mol. The fourth-order valence-corrected chi connectivity index (χ4v) is 4.82. The Kier molecular flexibility index (Phi) is 5.20. The lowest BCUT2D eigenvalue weighted by Gasteiger charge is -2.51. The highest BCUT2D eigenvalue weighted by atomic mass is 16.8. The molecule has 4 aliphatic heterocycles. The summed E-state index contributed by atoms with van der Waals surface area (Å²) in [4.78, 5) is 36.0. The molecule has 1 amide bonds. The van der Waals surface area contributed by atoms with Gasteiger partial charge in [0.1, 0.15) is 17.4 Å². The van der Waals surface area contributed by atoms with E-state index in [1.54, 1.807) is 13.0 Å². The quantitative estimate of drug-likeness (QED) is 0.187. The highest BCUT2D eigenvalue weighted by molar-refractivity contribution is 6.25. The minimum absolute atomic E-state index is 0.116. The molecule has 9 nitrogen and oxygen atoms in total. The first-order valence-electron chi connectivity index (χ1n) is 10.3. The maximum Gasteiger partial charge on any atom is 0.259 e. The molecule has 0 aromatic heterocycles. The number of fused-ring (bicyclic) bond motifs is 4. The molecular weight excluding hydrogens is 406 g/mol. The van der Waals surface area contributed by atoms with Gasteiger partial charge in [-0.25, -0.2) is 0 Å². The minimum atomic E-state index is -1.23. The maximum absolute atomic E-state index is 12.7. The molecule has 4 saturated heterocycles. The van der Waals surface area contributed by atoms with E-state index in [1.165, 1.54) is 6.08 Å². The highest BCUT2D eigenvalue weighted by Gasteiger charge is 2.78. The van der Waals surface area contributed by atoms with Crippen molar-refractivity contribution < 1.29 is 38.8 Å². The zero-order valence-corrected chi connectivity index (χ0v) is 17.9. The van der Waals surface area contributed by atoms with Gasteiger partial charge in [-0.3, -0.25) is 14.4 Å². The van der Waals surface area contributed by atoms with Crippen molar-refractivity contribution in [1.29, 1.82) is 0 Å². The summed E-state index contributed by atoms with van der Waals surface area (Å²) in [5, 5.41) is 22.3. The van der Waals surface area contributed by atoms with Crippen LogP contribution < -0.4 is 5.32 Å². The summed E-state index contributed by atoms with van der Waals surface area (Å²) in [6.07, 6.45) is 3.07. The van der Waals surface area contributed by atoms with E-state index in [-0.39, 0.29) is 48.2 Å². The number of allylic oxidation sites excluding steroid dienone is 3. The zero-order chi connectivity index (χ0) is 22.7. The van der Waals surface area contributed by atoms with Gasteiger partial charge in [0.15, 0.2) is 23.3 Å². The molecule has 0 aliphatic carbocycles. The van der Waals surface area contributed by atoms with Crippen LogP contribution in [-0.4, -0.2) is 70.5 Å². The van der Waals surface area contributed by atoms with Gasteiger partial charge in [-0.05, 0) is 19.9 Å². The maximum atomic E-state index is 12.7. The molecule has 4 fully saturated rings. The first-order valence-corrected chi connectivity index (χ1v) is 10.3. The van der Waals surface area contributed by atoms with Crippen molar-refractivity contribution in [3.8, 4) is 0 Å². The number of nitrogens with one attached hydrogen (secondary N) is 1. The lowest BCUT2D eigenvalue weighted by molar-refractivity contribution is -0.355. The van der Waals surface area contributed by atoms with Crippen molar-refractivity contribution in [2.45, 2.75) is 57.4 Å². The minimum Gasteiger partial charge on any atom is -0.507 e. The van der Waals surface area contributed by atoms with E-state index in [0.717, 1.165) is 5.57 Å². The molecule has 31 heavy (non-hydrogen) atoms. The van der Waals surface area contributed by atoms with Gasteiger partial charge < -0.3 is 29.7 Å². The van der Waals surface area contributed by atoms with Gasteiger partial charge in [0.05, 0.1) is 19.3 Å². The van der Waals surface area contributed by atoms with Gasteiger partial charge in [0, 0.05) is 11.8 Å². The van der Waals surface area contributed by atoms with Crippen LogP contribution in [0.3, 0.4) is 0 Å². The number of hydrogen-bond donors (Lipinski definition) is 3. The number of amides is 1. The van der Waals surface area contributed by atoms with Crippen LogP contribution in [0.2, 0.25) is 0 Å². The third-order valence-corrected chi connectivity index (χ3v) is 6.67. The summed E-state index contributed by atoms with van der Waals surface area (Å²) in [5.41, 5.74) is -0.637. The monoisotopic (exact) mass is 433 g/mol. The first-order chi connectivity index (χ1) is 14.5. The van der Waals surface area contributed by atoms with Gasteiger partial charge in [-0.1, -0.05) is 31.6 Å². The molecule has 0 aromatic carbocycles. The van der Waals surface area contributed by atoms with Crippen molar-refractivity contribution in [3.63, 3.8) is 0 Å². The Labute approximate surface area is 179 Å². The average Bonchev–Trinajstić information content (AvgIpc) is 3.40. The van der Waals surface area contributed by atoms with E-state index in [0.29, 0.717) is 0 Å². The summed E-state index contributed by atoms with van der Waals surface area (Å²) in [5.74, 6) is -3.20. The Morgan fingerprint density at radius 2 is 1.97 bits per heavy atom. The normalized spacial score (nSPS) is 42.5. The van der Waals surface area contributed by atoms with Gasteiger partial charge in [-0.15, -0.1) is 0 Å². The molecular formula is C22H27NO8. The number of ether oxygens (including phenoxy) is 3. The van der Waals surface area contributed by atoms with Crippen LogP contribution in [0.1, 0.15) is 27.7 Å².